The number of aromatic amines is 1. The summed E-state index contributed by atoms with van der Waals surface area (Å²) >= 11 is 0. The molecule has 0 aliphatic rings. The lowest BCUT2D eigenvalue weighted by molar-refractivity contribution is 0.0925. The van der Waals surface area contributed by atoms with E-state index < -0.39 is 0 Å². The number of aryl methyl sites for hydroxylation is 1. The van der Waals surface area contributed by atoms with Crippen LogP contribution in [0.2, 0.25) is 0 Å². The average molecular weight is 261 g/mol. The van der Waals surface area contributed by atoms with Crippen LogP contribution in [0.25, 0.3) is 0 Å². The summed E-state index contributed by atoms with van der Waals surface area (Å²) in [6, 6.07) is 1.70. The number of hydrogen-bond acceptors (Lipinski definition) is 3. The smallest absolute Gasteiger partial charge is 0.270 e. The van der Waals surface area contributed by atoms with Crippen molar-refractivity contribution in [1.29, 1.82) is 0 Å². The zero-order valence-corrected chi connectivity index (χ0v) is 11.6. The number of aromatic nitrogens is 4. The van der Waals surface area contributed by atoms with Crippen molar-refractivity contribution in [1.82, 2.24) is 25.1 Å². The highest BCUT2D eigenvalue weighted by atomic mass is 16.2. The Morgan fingerprint density at radius 1 is 1.42 bits per heavy atom. The Kier molecular flexibility index (Phi) is 3.69. The Balaban J connectivity index is 2.10. The molecule has 1 atom stereocenters. The molecule has 0 radical (unpaired) electrons. The van der Waals surface area contributed by atoms with E-state index in [0.717, 1.165) is 11.5 Å². The van der Waals surface area contributed by atoms with Crippen molar-refractivity contribution >= 4 is 5.91 Å². The normalized spacial score (nSPS) is 12.7. The molecule has 19 heavy (non-hydrogen) atoms. The van der Waals surface area contributed by atoms with Crippen LogP contribution >= 0.6 is 0 Å². The second-order valence-corrected chi connectivity index (χ2v) is 4.90. The predicted molar refractivity (Wildman–Crippen MR) is 71.8 cm³/mol. The Hall–Kier alpha value is -2.11. The minimum absolute atomic E-state index is 0.146. The summed E-state index contributed by atoms with van der Waals surface area (Å²) in [7, 11) is 0. The molecule has 6 heteroatoms. The predicted octanol–water partition coefficient (Wildman–Crippen LogP) is 1.99. The van der Waals surface area contributed by atoms with Crippen LogP contribution in [-0.4, -0.2) is 25.7 Å². The highest BCUT2D eigenvalue weighted by Crippen LogP contribution is 2.11. The second kappa shape index (κ2) is 5.26. The Bertz CT molecular complexity index is 569. The molecule has 0 saturated heterocycles. The fraction of sp³-hybridized carbons (Fsp3) is 0.462. The molecule has 2 rings (SSSR count). The summed E-state index contributed by atoms with van der Waals surface area (Å²) in [6.45, 7) is 7.80. The van der Waals surface area contributed by atoms with E-state index in [2.05, 4.69) is 20.4 Å². The van der Waals surface area contributed by atoms with Gasteiger partial charge in [0.15, 0.2) is 0 Å². The van der Waals surface area contributed by atoms with Gasteiger partial charge >= 0.3 is 0 Å². The van der Waals surface area contributed by atoms with Crippen LogP contribution in [0, 0.1) is 6.92 Å². The highest BCUT2D eigenvalue weighted by Gasteiger charge is 2.17. The van der Waals surface area contributed by atoms with E-state index in [1.54, 1.807) is 23.1 Å². The van der Waals surface area contributed by atoms with Gasteiger partial charge in [0.1, 0.15) is 11.5 Å². The Labute approximate surface area is 112 Å². The molecule has 2 heterocycles. The average Bonchev–Trinajstić information content (AvgIpc) is 2.96. The summed E-state index contributed by atoms with van der Waals surface area (Å²) in [5.74, 6) is 0.606. The van der Waals surface area contributed by atoms with E-state index in [9.17, 15) is 4.79 Å². The largest absolute Gasteiger partial charge is 0.344 e. The monoisotopic (exact) mass is 261 g/mol. The molecule has 0 spiro atoms. The molecule has 0 aliphatic heterocycles. The summed E-state index contributed by atoms with van der Waals surface area (Å²) in [5, 5.41) is 7.07. The number of carbonyl (C=O) groups excluding carboxylic acids is 1. The van der Waals surface area contributed by atoms with Gasteiger partial charge in [-0.05, 0) is 33.8 Å². The number of rotatable bonds is 4. The van der Waals surface area contributed by atoms with E-state index in [4.69, 9.17) is 0 Å². The lowest BCUT2D eigenvalue weighted by atomic mass is 10.3. The lowest BCUT2D eigenvalue weighted by Gasteiger charge is -2.14. The van der Waals surface area contributed by atoms with Crippen molar-refractivity contribution in [2.45, 2.75) is 39.8 Å². The molecular formula is C13H19N5O. The number of imidazole rings is 1. The number of nitrogens with zero attached hydrogens (tertiary/aromatic N) is 3. The van der Waals surface area contributed by atoms with Crippen molar-refractivity contribution in [3.8, 4) is 0 Å². The third kappa shape index (κ3) is 2.83. The molecule has 2 aromatic rings. The minimum atomic E-state index is -0.170. The number of amides is 1. The maximum absolute atomic E-state index is 12.2. The second-order valence-electron chi connectivity index (χ2n) is 4.90. The van der Waals surface area contributed by atoms with Crippen LogP contribution in [0.4, 0.5) is 0 Å². The van der Waals surface area contributed by atoms with Gasteiger partial charge in [-0.2, -0.15) is 5.10 Å². The number of nitrogens with one attached hydrogen (secondary N) is 2. The maximum Gasteiger partial charge on any atom is 0.270 e. The molecule has 0 unspecified atom stereocenters. The van der Waals surface area contributed by atoms with Crippen LogP contribution in [0.1, 0.15) is 54.9 Å². The molecule has 1 amide bonds. The first kappa shape index (κ1) is 13.3. The van der Waals surface area contributed by atoms with Crippen LogP contribution < -0.4 is 5.32 Å². The standard InChI is InChI=1S/C13H19N5O/c1-8(2)18-11(5-6-15-18)13(19)17-10(4)12-14-7-9(3)16-12/h5-8,10H,1-4H3,(H,14,16)(H,17,19)/t10-/m0/s1. The quantitative estimate of drug-likeness (QED) is 0.883. The molecule has 0 aliphatic carbocycles. The molecule has 0 bridgehead atoms. The van der Waals surface area contributed by atoms with Gasteiger partial charge in [-0.3, -0.25) is 9.48 Å². The van der Waals surface area contributed by atoms with E-state index in [1.165, 1.54) is 0 Å². The van der Waals surface area contributed by atoms with Crippen LogP contribution in [0.5, 0.6) is 0 Å². The molecule has 0 saturated carbocycles. The summed E-state index contributed by atoms with van der Waals surface area (Å²) < 4.78 is 1.70. The summed E-state index contributed by atoms with van der Waals surface area (Å²) in [4.78, 5) is 19.5. The Morgan fingerprint density at radius 2 is 2.16 bits per heavy atom. The molecule has 102 valence electrons. The third-order valence-corrected chi connectivity index (χ3v) is 2.87. The van der Waals surface area contributed by atoms with Crippen LogP contribution in [-0.2, 0) is 0 Å². The first-order valence-corrected chi connectivity index (χ1v) is 6.35. The van der Waals surface area contributed by atoms with Gasteiger partial charge in [0, 0.05) is 24.1 Å². The molecule has 2 aromatic heterocycles. The number of carbonyl (C=O) groups is 1. The van der Waals surface area contributed by atoms with Gasteiger partial charge in [-0.1, -0.05) is 0 Å². The van der Waals surface area contributed by atoms with Crippen LogP contribution in [0.3, 0.4) is 0 Å². The third-order valence-electron chi connectivity index (χ3n) is 2.87. The van der Waals surface area contributed by atoms with E-state index in [0.29, 0.717) is 5.69 Å². The van der Waals surface area contributed by atoms with E-state index in [1.807, 2.05) is 27.7 Å². The molecule has 6 nitrogen and oxygen atoms in total. The van der Waals surface area contributed by atoms with Crippen molar-refractivity contribution < 1.29 is 4.79 Å². The molecule has 0 fully saturated rings. The van der Waals surface area contributed by atoms with E-state index in [-0.39, 0.29) is 18.0 Å². The fourth-order valence-electron chi connectivity index (χ4n) is 1.90. The van der Waals surface area contributed by atoms with Crippen molar-refractivity contribution in [2.24, 2.45) is 0 Å². The lowest BCUT2D eigenvalue weighted by Crippen LogP contribution is -2.29. The van der Waals surface area contributed by atoms with E-state index >= 15 is 0 Å². The van der Waals surface area contributed by atoms with Crippen molar-refractivity contribution in [3.05, 3.63) is 35.7 Å². The SMILES string of the molecule is Cc1cnc([C@H](C)NC(=O)c2ccnn2C(C)C)[nH]1. The molecular weight excluding hydrogens is 242 g/mol. The van der Waals surface area contributed by atoms with Crippen molar-refractivity contribution in [2.75, 3.05) is 0 Å². The Morgan fingerprint density at radius 3 is 2.74 bits per heavy atom. The minimum Gasteiger partial charge on any atom is -0.344 e. The fourth-order valence-corrected chi connectivity index (χ4v) is 1.90. The molecule has 2 N–H and O–H groups in total. The summed E-state index contributed by atoms with van der Waals surface area (Å²) in [5.41, 5.74) is 1.54. The first-order valence-electron chi connectivity index (χ1n) is 6.35. The molecule has 0 aromatic carbocycles. The van der Waals surface area contributed by atoms with Gasteiger partial charge in [0.05, 0.1) is 6.04 Å². The summed E-state index contributed by atoms with van der Waals surface area (Å²) in [6.07, 6.45) is 3.38. The first-order chi connectivity index (χ1) is 8.99. The van der Waals surface area contributed by atoms with Gasteiger partial charge in [-0.25, -0.2) is 4.98 Å². The highest BCUT2D eigenvalue weighted by molar-refractivity contribution is 5.92. The van der Waals surface area contributed by atoms with Crippen LogP contribution in [0.15, 0.2) is 18.5 Å². The van der Waals surface area contributed by atoms with Crippen molar-refractivity contribution in [3.63, 3.8) is 0 Å². The zero-order chi connectivity index (χ0) is 14.0. The zero-order valence-electron chi connectivity index (χ0n) is 11.6. The van der Waals surface area contributed by atoms with Gasteiger partial charge < -0.3 is 10.3 Å². The van der Waals surface area contributed by atoms with Gasteiger partial charge in [0.2, 0.25) is 0 Å². The van der Waals surface area contributed by atoms with Gasteiger partial charge in [-0.15, -0.1) is 0 Å². The topological polar surface area (TPSA) is 75.6 Å². The maximum atomic E-state index is 12.2. The number of H-pyrrole nitrogens is 1. The number of hydrogen-bond donors (Lipinski definition) is 2. The van der Waals surface area contributed by atoms with Gasteiger partial charge in [0.25, 0.3) is 5.91 Å².